The molecule has 2 atom stereocenters. The van der Waals surface area contributed by atoms with E-state index in [0.717, 1.165) is 19.3 Å². The van der Waals surface area contributed by atoms with E-state index in [0.29, 0.717) is 19.0 Å². The van der Waals surface area contributed by atoms with Crippen molar-refractivity contribution in [2.45, 2.75) is 32.8 Å². The third kappa shape index (κ3) is 3.40. The van der Waals surface area contributed by atoms with E-state index in [2.05, 4.69) is 0 Å². The van der Waals surface area contributed by atoms with Gasteiger partial charge in [-0.3, -0.25) is 4.79 Å². The van der Waals surface area contributed by atoms with Crippen molar-refractivity contribution < 1.29 is 9.53 Å². The Morgan fingerprint density at radius 2 is 2.00 bits per heavy atom. The molecule has 1 aromatic rings. The molecule has 1 aromatic carbocycles. The first-order valence-electron chi connectivity index (χ1n) is 6.43. The molecule has 0 spiro atoms. The number of hydrogen-bond acceptors (Lipinski definition) is 2. The second kappa shape index (κ2) is 5.97. The topological polar surface area (TPSA) is 26.3 Å². The fourth-order valence-electron chi connectivity index (χ4n) is 2.42. The fraction of sp³-hybridized carbons (Fsp3) is 0.533. The van der Waals surface area contributed by atoms with E-state index < -0.39 is 0 Å². The summed E-state index contributed by atoms with van der Waals surface area (Å²) in [7, 11) is 0. The largest absolute Gasteiger partial charge is 0.376 e. The first-order valence-corrected chi connectivity index (χ1v) is 6.43. The first kappa shape index (κ1) is 12.3. The molecule has 2 heteroatoms. The predicted molar refractivity (Wildman–Crippen MR) is 67.6 cm³/mol. The molecule has 0 N–H and O–H groups in total. The van der Waals surface area contributed by atoms with E-state index in [1.807, 2.05) is 37.3 Å². The molecule has 2 nitrogen and oxygen atoms in total. The monoisotopic (exact) mass is 232 g/mol. The molecule has 0 radical (unpaired) electrons. The third-order valence-corrected chi connectivity index (χ3v) is 3.51. The van der Waals surface area contributed by atoms with Crippen molar-refractivity contribution in [1.29, 1.82) is 0 Å². The van der Waals surface area contributed by atoms with Gasteiger partial charge in [0.25, 0.3) is 0 Å². The van der Waals surface area contributed by atoms with Crippen molar-refractivity contribution >= 4 is 5.78 Å². The van der Waals surface area contributed by atoms with Crippen molar-refractivity contribution in [3.8, 4) is 0 Å². The molecule has 0 heterocycles. The highest BCUT2D eigenvalue weighted by Crippen LogP contribution is 2.25. The second-order valence-corrected chi connectivity index (χ2v) is 4.93. The van der Waals surface area contributed by atoms with Gasteiger partial charge in [-0.25, -0.2) is 0 Å². The van der Waals surface area contributed by atoms with Crippen LogP contribution in [0.15, 0.2) is 30.3 Å². The molecule has 1 fully saturated rings. The van der Waals surface area contributed by atoms with Gasteiger partial charge in [0.05, 0.1) is 13.2 Å². The lowest BCUT2D eigenvalue weighted by atomic mass is 9.81. The fourth-order valence-corrected chi connectivity index (χ4v) is 2.42. The normalized spacial score (nSPS) is 24.9. The minimum atomic E-state index is 0.127. The summed E-state index contributed by atoms with van der Waals surface area (Å²) < 4.78 is 5.66. The minimum absolute atomic E-state index is 0.127. The van der Waals surface area contributed by atoms with Gasteiger partial charge < -0.3 is 4.74 Å². The van der Waals surface area contributed by atoms with Crippen LogP contribution >= 0.6 is 0 Å². The number of hydrogen-bond donors (Lipinski definition) is 0. The van der Waals surface area contributed by atoms with Gasteiger partial charge in [-0.05, 0) is 18.4 Å². The summed E-state index contributed by atoms with van der Waals surface area (Å²) in [5.41, 5.74) is 1.17. The lowest BCUT2D eigenvalue weighted by molar-refractivity contribution is -0.131. The zero-order valence-corrected chi connectivity index (χ0v) is 10.4. The number of benzene rings is 1. The van der Waals surface area contributed by atoms with Gasteiger partial charge >= 0.3 is 0 Å². The number of ketones is 1. The Bertz CT molecular complexity index is 358. The summed E-state index contributed by atoms with van der Waals surface area (Å²) in [4.78, 5) is 11.9. The maximum absolute atomic E-state index is 11.9. The Labute approximate surface area is 103 Å². The average Bonchev–Trinajstić information content (AvgIpc) is 2.36. The summed E-state index contributed by atoms with van der Waals surface area (Å²) in [6, 6.07) is 10.1. The first-order chi connectivity index (χ1) is 8.27. The van der Waals surface area contributed by atoms with Crippen molar-refractivity contribution in [2.24, 2.45) is 11.8 Å². The molecule has 0 aromatic heterocycles. The highest BCUT2D eigenvalue weighted by atomic mass is 16.5. The Hall–Kier alpha value is -1.15. The van der Waals surface area contributed by atoms with Crippen LogP contribution in [0.25, 0.3) is 0 Å². The summed E-state index contributed by atoms with van der Waals surface area (Å²) in [6.45, 7) is 3.22. The Morgan fingerprint density at radius 3 is 2.76 bits per heavy atom. The van der Waals surface area contributed by atoms with Gasteiger partial charge in [0, 0.05) is 11.8 Å². The van der Waals surface area contributed by atoms with Crippen molar-refractivity contribution in [2.75, 3.05) is 6.61 Å². The van der Waals surface area contributed by atoms with Crippen LogP contribution in [0.5, 0.6) is 0 Å². The van der Waals surface area contributed by atoms with Crippen molar-refractivity contribution in [3.05, 3.63) is 35.9 Å². The summed E-state index contributed by atoms with van der Waals surface area (Å²) in [5, 5.41) is 0. The van der Waals surface area contributed by atoms with Crippen LogP contribution < -0.4 is 0 Å². The predicted octanol–water partition coefficient (Wildman–Crippen LogP) is 3.21. The SMILES string of the molecule is C[C@H]1CCC[C@@H](COCc2ccccc2)C1=O. The Balaban J connectivity index is 1.77. The molecule has 2 rings (SSSR count). The van der Waals surface area contributed by atoms with E-state index in [4.69, 9.17) is 4.74 Å². The zero-order valence-electron chi connectivity index (χ0n) is 10.4. The molecule has 92 valence electrons. The van der Waals surface area contributed by atoms with E-state index >= 15 is 0 Å². The number of rotatable bonds is 4. The molecule has 0 saturated heterocycles. The van der Waals surface area contributed by atoms with Crippen LogP contribution in [-0.4, -0.2) is 12.4 Å². The summed E-state index contributed by atoms with van der Waals surface area (Å²) in [6.07, 6.45) is 3.21. The highest BCUT2D eigenvalue weighted by Gasteiger charge is 2.27. The molecule has 0 unspecified atom stereocenters. The molecule has 0 amide bonds. The molecule has 1 saturated carbocycles. The molecule has 0 bridgehead atoms. The summed E-state index contributed by atoms with van der Waals surface area (Å²) in [5.74, 6) is 0.751. The van der Waals surface area contributed by atoms with E-state index in [1.165, 1.54) is 5.56 Å². The van der Waals surface area contributed by atoms with Crippen LogP contribution in [0, 0.1) is 11.8 Å². The van der Waals surface area contributed by atoms with Crippen LogP contribution in [0.1, 0.15) is 31.7 Å². The standard InChI is InChI=1S/C15H20O2/c1-12-6-5-9-14(15(12)16)11-17-10-13-7-3-2-4-8-13/h2-4,7-8,12,14H,5-6,9-11H2,1H3/t12-,14-/m0/s1. The zero-order chi connectivity index (χ0) is 12.1. The van der Waals surface area contributed by atoms with Gasteiger partial charge in [0.2, 0.25) is 0 Å². The van der Waals surface area contributed by atoms with Crippen LogP contribution in [0.3, 0.4) is 0 Å². The maximum atomic E-state index is 11.9. The van der Waals surface area contributed by atoms with Gasteiger partial charge in [-0.15, -0.1) is 0 Å². The van der Waals surface area contributed by atoms with Gasteiger partial charge in [-0.1, -0.05) is 43.7 Å². The molecule has 17 heavy (non-hydrogen) atoms. The number of carbonyl (C=O) groups excluding carboxylic acids is 1. The van der Waals surface area contributed by atoms with Crippen molar-refractivity contribution in [3.63, 3.8) is 0 Å². The molecule has 1 aliphatic carbocycles. The molecule has 0 aliphatic heterocycles. The van der Waals surface area contributed by atoms with E-state index in [9.17, 15) is 4.79 Å². The van der Waals surface area contributed by atoms with Gasteiger partial charge in [0.1, 0.15) is 5.78 Å². The quantitative estimate of drug-likeness (QED) is 0.796. The number of carbonyl (C=O) groups is 1. The van der Waals surface area contributed by atoms with Gasteiger partial charge in [0.15, 0.2) is 0 Å². The molecular formula is C15H20O2. The molecule has 1 aliphatic rings. The lowest BCUT2D eigenvalue weighted by Crippen LogP contribution is -2.29. The Morgan fingerprint density at radius 1 is 1.24 bits per heavy atom. The Kier molecular flexibility index (Phi) is 4.32. The smallest absolute Gasteiger partial charge is 0.141 e. The van der Waals surface area contributed by atoms with Crippen LogP contribution in [0.4, 0.5) is 0 Å². The van der Waals surface area contributed by atoms with Crippen LogP contribution in [-0.2, 0) is 16.1 Å². The van der Waals surface area contributed by atoms with Crippen LogP contribution in [0.2, 0.25) is 0 Å². The minimum Gasteiger partial charge on any atom is -0.376 e. The average molecular weight is 232 g/mol. The maximum Gasteiger partial charge on any atom is 0.141 e. The molecular weight excluding hydrogens is 212 g/mol. The second-order valence-electron chi connectivity index (χ2n) is 4.93. The third-order valence-electron chi connectivity index (χ3n) is 3.51. The number of Topliss-reactive ketones (excluding diaryl/α,β-unsaturated/α-hetero) is 1. The van der Waals surface area contributed by atoms with E-state index in [-0.39, 0.29) is 11.8 Å². The van der Waals surface area contributed by atoms with Crippen molar-refractivity contribution in [1.82, 2.24) is 0 Å². The number of ether oxygens (including phenoxy) is 1. The lowest BCUT2D eigenvalue weighted by Gasteiger charge is -2.25. The van der Waals surface area contributed by atoms with E-state index in [1.54, 1.807) is 0 Å². The van der Waals surface area contributed by atoms with Gasteiger partial charge in [-0.2, -0.15) is 0 Å². The summed E-state index contributed by atoms with van der Waals surface area (Å²) >= 11 is 0. The highest BCUT2D eigenvalue weighted by molar-refractivity contribution is 5.83.